The molecule has 26 heavy (non-hydrogen) atoms. The van der Waals surface area contributed by atoms with E-state index < -0.39 is 11.4 Å². The smallest absolute Gasteiger partial charge is 0.247 e. The summed E-state index contributed by atoms with van der Waals surface area (Å²) in [5.41, 5.74) is -0.431. The fraction of sp³-hybridized carbons (Fsp3) is 0.0556. The summed E-state index contributed by atoms with van der Waals surface area (Å²) in [7, 11) is 0. The van der Waals surface area contributed by atoms with Gasteiger partial charge in [0.15, 0.2) is 0 Å². The first-order valence-electron chi connectivity index (χ1n) is 7.28. The van der Waals surface area contributed by atoms with Crippen molar-refractivity contribution in [3.8, 4) is 30.0 Å². The van der Waals surface area contributed by atoms with Crippen LogP contribution in [0.3, 0.4) is 0 Å². The maximum atomic E-state index is 11.5. The lowest BCUT2D eigenvalue weighted by Gasteiger charge is -2.31. The normalized spacial score (nSPS) is 12.6. The molecule has 1 aliphatic rings. The maximum absolute atomic E-state index is 11.5. The Kier molecular flexibility index (Phi) is 3.66. The Morgan fingerprint density at radius 3 is 2.54 bits per heavy atom. The molecule has 0 saturated heterocycles. The van der Waals surface area contributed by atoms with Gasteiger partial charge in [0, 0.05) is 17.4 Å². The third-order valence-electron chi connectivity index (χ3n) is 3.99. The summed E-state index contributed by atoms with van der Waals surface area (Å²) in [4.78, 5) is 11.5. The van der Waals surface area contributed by atoms with Crippen LogP contribution in [0.25, 0.3) is 5.69 Å². The van der Waals surface area contributed by atoms with Gasteiger partial charge in [0.1, 0.15) is 35.7 Å². The van der Waals surface area contributed by atoms with E-state index in [9.17, 15) is 25.8 Å². The van der Waals surface area contributed by atoms with E-state index >= 15 is 0 Å². The number of carbonyl (C=O) groups is 1. The quantitative estimate of drug-likeness (QED) is 0.802. The molecule has 1 amide bonds. The lowest BCUT2D eigenvalue weighted by molar-refractivity contribution is -0.111. The lowest BCUT2D eigenvalue weighted by Crippen LogP contribution is -2.37. The Balaban J connectivity index is 2.33. The van der Waals surface area contributed by atoms with Crippen LogP contribution in [0.4, 0.5) is 11.5 Å². The first-order chi connectivity index (χ1) is 12.5. The molecule has 8 nitrogen and oxygen atoms in total. The molecule has 0 bridgehead atoms. The molecule has 0 radical (unpaired) electrons. The molecule has 0 atom stereocenters. The van der Waals surface area contributed by atoms with Crippen LogP contribution in [-0.2, 0) is 10.3 Å². The van der Waals surface area contributed by atoms with Crippen molar-refractivity contribution >= 4 is 17.4 Å². The van der Waals surface area contributed by atoms with Crippen LogP contribution in [0, 0.1) is 45.3 Å². The van der Waals surface area contributed by atoms with Gasteiger partial charge in [-0.05, 0) is 18.2 Å². The molecule has 122 valence electrons. The van der Waals surface area contributed by atoms with Crippen LogP contribution in [0.1, 0.15) is 16.7 Å². The predicted octanol–water partition coefficient (Wildman–Crippen LogP) is 2.01. The number of rotatable bonds is 2. The minimum Gasteiger partial charge on any atom is -0.337 e. The van der Waals surface area contributed by atoms with Gasteiger partial charge in [-0.3, -0.25) is 4.79 Å². The van der Waals surface area contributed by atoms with Crippen LogP contribution in [-0.4, -0.2) is 10.5 Å². The van der Waals surface area contributed by atoms with E-state index in [2.05, 4.69) is 17.2 Å². The highest BCUT2D eigenvalue weighted by Gasteiger charge is 2.41. The van der Waals surface area contributed by atoms with Crippen molar-refractivity contribution in [2.75, 3.05) is 10.6 Å². The summed E-state index contributed by atoms with van der Waals surface area (Å²) in [5, 5.41) is 43.2. The minimum atomic E-state index is -1.73. The molecule has 2 N–H and O–H groups in total. The molecule has 0 fully saturated rings. The van der Waals surface area contributed by atoms with Gasteiger partial charge in [-0.1, -0.05) is 12.6 Å². The van der Waals surface area contributed by atoms with Crippen LogP contribution >= 0.6 is 0 Å². The van der Waals surface area contributed by atoms with E-state index in [4.69, 9.17) is 0 Å². The molecule has 0 aliphatic carbocycles. The second-order valence-electron chi connectivity index (χ2n) is 5.38. The Hall–Kier alpha value is -4.53. The first kappa shape index (κ1) is 16.3. The van der Waals surface area contributed by atoms with E-state index in [0.29, 0.717) is 16.9 Å². The summed E-state index contributed by atoms with van der Waals surface area (Å²) in [6.45, 7) is 3.38. The third-order valence-corrected chi connectivity index (χ3v) is 3.99. The Labute approximate surface area is 148 Å². The molecule has 0 saturated carbocycles. The van der Waals surface area contributed by atoms with Crippen molar-refractivity contribution in [2.45, 2.75) is 5.54 Å². The van der Waals surface area contributed by atoms with Crippen LogP contribution in [0.5, 0.6) is 0 Å². The molecule has 1 aliphatic heterocycles. The Morgan fingerprint density at radius 1 is 1.23 bits per heavy atom. The summed E-state index contributed by atoms with van der Waals surface area (Å²) < 4.78 is 1.52. The number of aromatic nitrogens is 1. The Bertz CT molecular complexity index is 1110. The maximum Gasteiger partial charge on any atom is 0.247 e. The summed E-state index contributed by atoms with van der Waals surface area (Å²) in [6, 6.07) is 12.4. The molecular formula is C18H9N7O. The zero-order chi connectivity index (χ0) is 18.9. The molecule has 2 heterocycles. The van der Waals surface area contributed by atoms with Crippen molar-refractivity contribution in [3.05, 3.63) is 53.7 Å². The fourth-order valence-electron chi connectivity index (χ4n) is 2.78. The highest BCUT2D eigenvalue weighted by atomic mass is 16.1. The summed E-state index contributed by atoms with van der Waals surface area (Å²) >= 11 is 0. The monoisotopic (exact) mass is 339 g/mol. The topological polar surface area (TPSA) is 141 Å². The number of hydrogen-bond acceptors (Lipinski definition) is 6. The molecule has 8 heteroatoms. The zero-order valence-electron chi connectivity index (χ0n) is 13.2. The van der Waals surface area contributed by atoms with Crippen LogP contribution in [0.2, 0.25) is 0 Å². The number of amides is 1. The number of benzene rings is 1. The number of anilines is 2. The number of nitriles is 4. The number of nitrogens with one attached hydrogen (secondary N) is 2. The van der Waals surface area contributed by atoms with Crippen LogP contribution < -0.4 is 10.6 Å². The highest BCUT2D eigenvalue weighted by molar-refractivity contribution is 5.99. The lowest BCUT2D eigenvalue weighted by atomic mass is 9.89. The number of hydrogen-bond donors (Lipinski definition) is 2. The first-order valence-corrected chi connectivity index (χ1v) is 7.28. The molecule has 3 rings (SSSR count). The fourth-order valence-corrected chi connectivity index (χ4v) is 2.78. The number of fused-ring (bicyclic) bond motifs is 3. The van der Waals surface area contributed by atoms with E-state index in [-0.39, 0.29) is 16.9 Å². The molecule has 1 aromatic heterocycles. The molecule has 0 unspecified atom stereocenters. The Morgan fingerprint density at radius 2 is 1.96 bits per heavy atom. The molecule has 2 aromatic rings. The van der Waals surface area contributed by atoms with Crippen molar-refractivity contribution in [3.63, 3.8) is 0 Å². The molecule has 0 spiro atoms. The second kappa shape index (κ2) is 5.83. The standard InChI is InChI=1S/C18H9N7O/c1-2-16(26)23-12-3-4-14-15(5-12)25-8-11(6-19)13(7-20)17(25)24-18(14,9-21)10-22/h2-5,8,24H,1H2,(H,23,26). The van der Waals surface area contributed by atoms with Crippen molar-refractivity contribution in [1.82, 2.24) is 4.57 Å². The highest BCUT2D eigenvalue weighted by Crippen LogP contribution is 2.41. The average Bonchev–Trinajstić information content (AvgIpc) is 3.04. The van der Waals surface area contributed by atoms with Crippen molar-refractivity contribution < 1.29 is 4.79 Å². The summed E-state index contributed by atoms with van der Waals surface area (Å²) in [6.07, 6.45) is 2.55. The van der Waals surface area contributed by atoms with Gasteiger partial charge in [-0.25, -0.2) is 0 Å². The van der Waals surface area contributed by atoms with Gasteiger partial charge < -0.3 is 15.2 Å². The van der Waals surface area contributed by atoms with Crippen molar-refractivity contribution in [1.29, 1.82) is 21.0 Å². The molecule has 1 aromatic carbocycles. The van der Waals surface area contributed by atoms with Gasteiger partial charge in [-0.15, -0.1) is 0 Å². The van der Waals surface area contributed by atoms with Gasteiger partial charge in [0.05, 0.1) is 11.3 Å². The second-order valence-corrected chi connectivity index (χ2v) is 5.38. The molecular weight excluding hydrogens is 330 g/mol. The van der Waals surface area contributed by atoms with E-state index in [1.165, 1.54) is 16.8 Å². The van der Waals surface area contributed by atoms with Gasteiger partial charge in [0.2, 0.25) is 11.4 Å². The van der Waals surface area contributed by atoms with E-state index in [1.54, 1.807) is 12.1 Å². The average molecular weight is 339 g/mol. The number of carbonyl (C=O) groups excluding carboxylic acids is 1. The minimum absolute atomic E-state index is 0.0357. The summed E-state index contributed by atoms with van der Waals surface area (Å²) in [5.74, 6) is -0.249. The van der Waals surface area contributed by atoms with E-state index in [0.717, 1.165) is 6.08 Å². The van der Waals surface area contributed by atoms with E-state index in [1.807, 2.05) is 24.3 Å². The van der Waals surface area contributed by atoms with Gasteiger partial charge in [0.25, 0.3) is 0 Å². The SMILES string of the molecule is C=CC(=O)Nc1ccc2c(c1)-n1cc(C#N)c(C#N)c1NC2(C#N)C#N. The van der Waals surface area contributed by atoms with Crippen molar-refractivity contribution in [2.24, 2.45) is 0 Å². The van der Waals surface area contributed by atoms with Gasteiger partial charge in [-0.2, -0.15) is 21.0 Å². The van der Waals surface area contributed by atoms with Gasteiger partial charge >= 0.3 is 0 Å². The largest absolute Gasteiger partial charge is 0.337 e. The number of nitrogens with zero attached hydrogens (tertiary/aromatic N) is 5. The van der Waals surface area contributed by atoms with Crippen LogP contribution in [0.15, 0.2) is 37.1 Å². The zero-order valence-corrected chi connectivity index (χ0v) is 13.2. The predicted molar refractivity (Wildman–Crippen MR) is 90.6 cm³/mol. The third kappa shape index (κ3) is 2.16.